The Kier molecular flexibility index (Phi) is 4.31. The van der Waals surface area contributed by atoms with Crippen molar-refractivity contribution in [1.82, 2.24) is 19.6 Å². The van der Waals surface area contributed by atoms with Crippen LogP contribution in [0.1, 0.15) is 38.4 Å². The van der Waals surface area contributed by atoms with Gasteiger partial charge in [-0.1, -0.05) is 13.8 Å². The van der Waals surface area contributed by atoms with Gasteiger partial charge in [0.15, 0.2) is 0 Å². The summed E-state index contributed by atoms with van der Waals surface area (Å²) in [5.41, 5.74) is 0.788. The summed E-state index contributed by atoms with van der Waals surface area (Å²) in [6, 6.07) is 1.14. The third kappa shape index (κ3) is 3.14. The molecule has 0 saturated carbocycles. The molecule has 24 heavy (non-hydrogen) atoms. The fourth-order valence-electron chi connectivity index (χ4n) is 3.27. The lowest BCUT2D eigenvalue weighted by Crippen LogP contribution is -2.51. The number of nitrogens with zero attached hydrogens (tertiary/aromatic N) is 4. The second-order valence-corrected chi connectivity index (χ2v) is 6.84. The number of piperidine rings is 1. The molecular formula is C16H22F2N4O2. The van der Waals surface area contributed by atoms with Gasteiger partial charge in [0.25, 0.3) is 5.92 Å². The number of hydrogen-bond donors (Lipinski definition) is 0. The molecule has 1 saturated heterocycles. The molecule has 0 N–H and O–H groups in total. The number of fused-ring (bicyclic) bond motifs is 1. The van der Waals surface area contributed by atoms with E-state index >= 15 is 0 Å². The molecule has 1 fully saturated rings. The number of halogens is 2. The van der Waals surface area contributed by atoms with Crippen LogP contribution >= 0.6 is 0 Å². The van der Waals surface area contributed by atoms with Gasteiger partial charge in [0.2, 0.25) is 11.8 Å². The Hall–Kier alpha value is -1.99. The largest absolute Gasteiger partial charge is 0.340 e. The summed E-state index contributed by atoms with van der Waals surface area (Å²) in [7, 11) is 0. The number of rotatable bonds is 2. The molecule has 0 bridgehead atoms. The Labute approximate surface area is 139 Å². The third-order valence-electron chi connectivity index (χ3n) is 4.69. The first-order chi connectivity index (χ1) is 11.3. The predicted octanol–water partition coefficient (Wildman–Crippen LogP) is 1.68. The highest BCUT2D eigenvalue weighted by atomic mass is 19.3. The van der Waals surface area contributed by atoms with E-state index in [0.29, 0.717) is 6.54 Å². The normalized spacial score (nSPS) is 23.3. The van der Waals surface area contributed by atoms with Crippen LogP contribution < -0.4 is 0 Å². The minimum Gasteiger partial charge on any atom is -0.340 e. The van der Waals surface area contributed by atoms with Gasteiger partial charge in [0.05, 0.1) is 18.8 Å². The van der Waals surface area contributed by atoms with Crippen LogP contribution in [0.5, 0.6) is 0 Å². The average molecular weight is 340 g/mol. The third-order valence-corrected chi connectivity index (χ3v) is 4.69. The van der Waals surface area contributed by atoms with Crippen molar-refractivity contribution in [2.45, 2.75) is 45.2 Å². The Balaban J connectivity index is 1.79. The molecule has 0 spiro atoms. The van der Waals surface area contributed by atoms with Crippen LogP contribution in [0, 0.1) is 5.92 Å². The number of alkyl halides is 2. The zero-order valence-corrected chi connectivity index (χ0v) is 13.9. The molecule has 2 aliphatic heterocycles. The second-order valence-electron chi connectivity index (χ2n) is 6.84. The van der Waals surface area contributed by atoms with Gasteiger partial charge in [-0.2, -0.15) is 5.10 Å². The number of aromatic nitrogens is 2. The molecule has 1 atom stereocenters. The topological polar surface area (TPSA) is 58.4 Å². The van der Waals surface area contributed by atoms with Crippen LogP contribution in [-0.2, 0) is 16.1 Å². The van der Waals surface area contributed by atoms with E-state index < -0.39 is 12.0 Å². The molecule has 3 heterocycles. The summed E-state index contributed by atoms with van der Waals surface area (Å²) in [5, 5.41) is 4.20. The van der Waals surface area contributed by atoms with Gasteiger partial charge in [-0.05, 0) is 6.07 Å². The molecular weight excluding hydrogens is 318 g/mol. The molecule has 0 aromatic carbocycles. The van der Waals surface area contributed by atoms with Crippen molar-refractivity contribution in [1.29, 1.82) is 0 Å². The van der Waals surface area contributed by atoms with Crippen molar-refractivity contribution in [3.63, 3.8) is 0 Å². The molecule has 0 aliphatic carbocycles. The molecule has 2 aliphatic rings. The first-order valence-electron chi connectivity index (χ1n) is 8.26. The van der Waals surface area contributed by atoms with Gasteiger partial charge in [-0.3, -0.25) is 14.3 Å². The molecule has 1 aromatic heterocycles. The van der Waals surface area contributed by atoms with Crippen molar-refractivity contribution in [2.24, 2.45) is 5.92 Å². The molecule has 132 valence electrons. The van der Waals surface area contributed by atoms with Crippen molar-refractivity contribution in [3.8, 4) is 0 Å². The van der Waals surface area contributed by atoms with E-state index in [9.17, 15) is 18.4 Å². The summed E-state index contributed by atoms with van der Waals surface area (Å²) in [6.07, 6.45) is 0.974. The maximum absolute atomic E-state index is 13.3. The van der Waals surface area contributed by atoms with E-state index in [4.69, 9.17) is 0 Å². The van der Waals surface area contributed by atoms with Crippen molar-refractivity contribution < 1.29 is 18.4 Å². The highest BCUT2D eigenvalue weighted by Gasteiger charge is 2.40. The lowest BCUT2D eigenvalue weighted by molar-refractivity contribution is -0.145. The van der Waals surface area contributed by atoms with Crippen LogP contribution in [0.4, 0.5) is 8.78 Å². The first kappa shape index (κ1) is 16.9. The number of carbonyl (C=O) groups excluding carboxylic acids is 2. The van der Waals surface area contributed by atoms with Crippen LogP contribution in [0.25, 0.3) is 0 Å². The van der Waals surface area contributed by atoms with E-state index in [1.54, 1.807) is 21.8 Å². The summed E-state index contributed by atoms with van der Waals surface area (Å²) < 4.78 is 28.3. The monoisotopic (exact) mass is 340 g/mol. The van der Waals surface area contributed by atoms with Gasteiger partial charge in [0, 0.05) is 38.0 Å². The van der Waals surface area contributed by atoms with Gasteiger partial charge >= 0.3 is 0 Å². The average Bonchev–Trinajstić information content (AvgIpc) is 3.00. The zero-order chi connectivity index (χ0) is 17.5. The standard InChI is InChI=1S/C16H22F2N4O2/c1-11(2)14(23)21-9-12-3-6-19-22(12)13(10-21)15(24)20-7-4-16(17,18)5-8-20/h3,6,11,13H,4-5,7-10H2,1-2H3/t13-/m1/s1. The van der Waals surface area contributed by atoms with Crippen molar-refractivity contribution in [2.75, 3.05) is 19.6 Å². The fraction of sp³-hybridized carbons (Fsp3) is 0.688. The van der Waals surface area contributed by atoms with Gasteiger partial charge in [0.1, 0.15) is 6.04 Å². The van der Waals surface area contributed by atoms with Crippen LogP contribution in [0.3, 0.4) is 0 Å². The SMILES string of the molecule is CC(C)C(=O)N1Cc2ccnn2[C@@H](C(=O)N2CCC(F)(F)CC2)C1. The fourth-order valence-corrected chi connectivity index (χ4v) is 3.27. The van der Waals surface area contributed by atoms with Crippen LogP contribution in [0.15, 0.2) is 12.3 Å². The van der Waals surface area contributed by atoms with E-state index in [1.807, 2.05) is 13.8 Å². The molecule has 1 aromatic rings. The lowest BCUT2D eigenvalue weighted by atomic mass is 10.0. The highest BCUT2D eigenvalue weighted by Crippen LogP contribution is 2.30. The Bertz CT molecular complexity index is 634. The van der Waals surface area contributed by atoms with Crippen LogP contribution in [0.2, 0.25) is 0 Å². The second kappa shape index (κ2) is 6.14. The molecule has 8 heteroatoms. The predicted molar refractivity (Wildman–Crippen MR) is 82.3 cm³/mol. The maximum Gasteiger partial charge on any atom is 0.251 e. The minimum absolute atomic E-state index is 0.0228. The number of hydrogen-bond acceptors (Lipinski definition) is 3. The minimum atomic E-state index is -2.69. The Morgan fingerprint density at radius 2 is 1.92 bits per heavy atom. The quantitative estimate of drug-likeness (QED) is 0.823. The van der Waals surface area contributed by atoms with Gasteiger partial charge in [-0.25, -0.2) is 8.78 Å². The maximum atomic E-state index is 13.3. The smallest absolute Gasteiger partial charge is 0.251 e. The highest BCUT2D eigenvalue weighted by molar-refractivity contribution is 5.83. The van der Waals surface area contributed by atoms with Crippen molar-refractivity contribution >= 4 is 11.8 Å². The number of carbonyl (C=O) groups is 2. The van der Waals surface area contributed by atoms with Gasteiger partial charge < -0.3 is 9.80 Å². The van der Waals surface area contributed by atoms with Crippen LogP contribution in [-0.4, -0.2) is 57.0 Å². The molecule has 0 unspecified atom stereocenters. The van der Waals surface area contributed by atoms with Crippen molar-refractivity contribution in [3.05, 3.63) is 18.0 Å². The van der Waals surface area contributed by atoms with E-state index in [-0.39, 0.29) is 50.2 Å². The molecule has 3 rings (SSSR count). The zero-order valence-electron chi connectivity index (χ0n) is 13.9. The number of likely N-dealkylation sites (tertiary alicyclic amines) is 1. The summed E-state index contributed by atoms with van der Waals surface area (Å²) in [5.74, 6) is -3.12. The molecule has 2 amide bonds. The van der Waals surface area contributed by atoms with E-state index in [2.05, 4.69) is 5.10 Å². The molecule has 6 nitrogen and oxygen atoms in total. The lowest BCUT2D eigenvalue weighted by Gasteiger charge is -2.38. The molecule has 0 radical (unpaired) electrons. The number of amides is 2. The van der Waals surface area contributed by atoms with E-state index in [0.717, 1.165) is 5.69 Å². The summed E-state index contributed by atoms with van der Waals surface area (Å²) >= 11 is 0. The van der Waals surface area contributed by atoms with E-state index in [1.165, 1.54) is 4.90 Å². The van der Waals surface area contributed by atoms with Gasteiger partial charge in [-0.15, -0.1) is 0 Å². The Morgan fingerprint density at radius 3 is 2.54 bits per heavy atom. The summed E-state index contributed by atoms with van der Waals surface area (Å²) in [4.78, 5) is 28.3. The summed E-state index contributed by atoms with van der Waals surface area (Å²) in [6.45, 7) is 4.36. The Morgan fingerprint density at radius 1 is 1.25 bits per heavy atom. The first-order valence-corrected chi connectivity index (χ1v) is 8.26.